The summed E-state index contributed by atoms with van der Waals surface area (Å²) in [7, 11) is -7.45. The number of nitrogens with zero attached hydrogens (tertiary/aromatic N) is 4. The summed E-state index contributed by atoms with van der Waals surface area (Å²) in [5, 5.41) is 17.3. The molecule has 0 radical (unpaired) electrons. The first-order chi connectivity index (χ1) is 43.9. The van der Waals surface area contributed by atoms with Crippen LogP contribution in [0, 0.1) is 40.4 Å². The maximum absolute atomic E-state index is 14.6. The number of carbonyl (C=O) groups excluding carboxylic acids is 4. The number of aliphatic imine (C=N–C) groups is 2. The van der Waals surface area contributed by atoms with Crippen molar-refractivity contribution in [2.45, 2.75) is 250 Å². The number of amides is 2. The Kier molecular flexibility index (Phi) is 26.7. The Morgan fingerprint density at radius 2 is 0.990 bits per heavy atom. The quantitative estimate of drug-likeness (QED) is 0.0438. The molecule has 16 nitrogen and oxygen atoms in total. The van der Waals surface area contributed by atoms with Crippen LogP contribution >= 0.6 is 0 Å². The van der Waals surface area contributed by atoms with Crippen molar-refractivity contribution < 1.29 is 69.2 Å². The van der Waals surface area contributed by atoms with Gasteiger partial charge in [-0.2, -0.15) is 21.6 Å². The molecule has 2 atom stereocenters. The van der Waals surface area contributed by atoms with Crippen molar-refractivity contribution in [2.24, 2.45) is 43.5 Å². The Bertz CT molecular complexity index is 3420. The van der Waals surface area contributed by atoms with Crippen molar-refractivity contribution in [2.75, 3.05) is 6.61 Å². The smallest absolute Gasteiger partial charge is 0.494 e. The first kappa shape index (κ1) is 80.1. The SMILES string of the molecule is C.CC(C)OC(=O)c1ccc([C@@H](CCC(C)(C)C)N2C(=O)C(OS(=O)(=O)C(F)(F)F)=NC23CCC(C(C)(C)C)CC3)cc1.CCOc1ccc(C2=NC3(CCC(C(C)(C)C)CC3)N([C@H](CCC(C)(C)C)c3ccc(C(=O)OC(C)C)cc3)C2=O)cc1.Cc1ccc(B(O)O)cc1. The zero-order valence-corrected chi connectivity index (χ0v) is 60.1. The van der Waals surface area contributed by atoms with Crippen LogP contribution in [0.15, 0.2) is 107 Å². The van der Waals surface area contributed by atoms with Crippen molar-refractivity contribution in [3.05, 3.63) is 130 Å². The summed E-state index contributed by atoms with van der Waals surface area (Å²) in [5.41, 5.74) is -1.95. The molecule has 2 fully saturated rings. The van der Waals surface area contributed by atoms with Gasteiger partial charge >= 0.3 is 40.6 Å². The minimum atomic E-state index is -6.11. The van der Waals surface area contributed by atoms with E-state index in [1.165, 1.54) is 4.90 Å². The Balaban J connectivity index is 0.000000300. The normalized spacial score (nSPS) is 20.7. The zero-order valence-electron chi connectivity index (χ0n) is 59.3. The molecule has 0 saturated heterocycles. The summed E-state index contributed by atoms with van der Waals surface area (Å²) in [6.07, 6.45) is 8.00. The molecule has 530 valence electrons. The van der Waals surface area contributed by atoms with Crippen LogP contribution in [0.4, 0.5) is 13.2 Å². The van der Waals surface area contributed by atoms with Gasteiger partial charge in [0.2, 0.25) is 0 Å². The first-order valence-electron chi connectivity index (χ1n) is 33.6. The molecule has 4 aromatic carbocycles. The second kappa shape index (κ2) is 32.0. The number of aryl methyl sites for hydroxylation is 1. The van der Waals surface area contributed by atoms with E-state index in [0.717, 1.165) is 61.0 Å². The van der Waals surface area contributed by atoms with Crippen LogP contribution in [0.5, 0.6) is 5.75 Å². The van der Waals surface area contributed by atoms with E-state index in [1.54, 1.807) is 50.2 Å². The van der Waals surface area contributed by atoms with Gasteiger partial charge in [-0.05, 0) is 217 Å². The number of alkyl halides is 3. The highest BCUT2D eigenvalue weighted by atomic mass is 32.2. The molecule has 2 spiro atoms. The lowest BCUT2D eigenvalue weighted by Crippen LogP contribution is -2.51. The number of hydrogen-bond acceptors (Lipinski definition) is 14. The molecule has 0 bridgehead atoms. The molecule has 0 aromatic heterocycles. The van der Waals surface area contributed by atoms with Gasteiger partial charge in [-0.1, -0.05) is 145 Å². The summed E-state index contributed by atoms with van der Waals surface area (Å²) >= 11 is 0. The lowest BCUT2D eigenvalue weighted by molar-refractivity contribution is -0.135. The summed E-state index contributed by atoms with van der Waals surface area (Å²) in [6.45, 7) is 37.8. The first-order valence-corrected chi connectivity index (χ1v) is 35.0. The highest BCUT2D eigenvalue weighted by molar-refractivity contribution is 7.88. The molecule has 4 aromatic rings. The molecule has 21 heteroatoms. The highest BCUT2D eigenvalue weighted by Crippen LogP contribution is 2.52. The number of carbonyl (C=O) groups is 4. The molecule has 2 amide bonds. The van der Waals surface area contributed by atoms with Crippen molar-refractivity contribution >= 4 is 58.1 Å². The van der Waals surface area contributed by atoms with Gasteiger partial charge in [-0.15, -0.1) is 0 Å². The third kappa shape index (κ3) is 21.0. The van der Waals surface area contributed by atoms with Gasteiger partial charge in [0.1, 0.15) is 22.8 Å². The monoisotopic (exact) mass is 1360 g/mol. The molecule has 8 rings (SSSR count). The molecule has 2 saturated carbocycles. The Labute approximate surface area is 570 Å². The molecular formula is C75H108BF3N4O12S. The summed E-state index contributed by atoms with van der Waals surface area (Å²) in [6, 6.07) is 28.2. The van der Waals surface area contributed by atoms with E-state index in [2.05, 4.69) is 76.4 Å². The lowest BCUT2D eigenvalue weighted by Gasteiger charge is -2.47. The molecule has 4 aliphatic rings. The third-order valence-electron chi connectivity index (χ3n) is 18.4. The van der Waals surface area contributed by atoms with E-state index in [1.807, 2.05) is 109 Å². The van der Waals surface area contributed by atoms with Gasteiger partial charge < -0.3 is 38.2 Å². The van der Waals surface area contributed by atoms with Crippen molar-refractivity contribution in [3.63, 3.8) is 0 Å². The molecule has 2 N–H and O–H groups in total. The number of esters is 2. The van der Waals surface area contributed by atoms with Crippen LogP contribution in [-0.4, -0.2) is 106 Å². The van der Waals surface area contributed by atoms with Crippen LogP contribution in [0.3, 0.4) is 0 Å². The maximum atomic E-state index is 14.6. The minimum Gasteiger partial charge on any atom is -0.494 e. The van der Waals surface area contributed by atoms with Crippen molar-refractivity contribution in [1.29, 1.82) is 0 Å². The summed E-state index contributed by atoms with van der Waals surface area (Å²) < 4.78 is 84.4. The number of hydrogen-bond donors (Lipinski definition) is 2. The number of ether oxygens (including phenoxy) is 3. The predicted octanol–water partition coefficient (Wildman–Crippen LogP) is 16.3. The predicted molar refractivity (Wildman–Crippen MR) is 374 cm³/mol. The molecule has 2 aliphatic carbocycles. The lowest BCUT2D eigenvalue weighted by atomic mass is 9.69. The minimum absolute atomic E-state index is 0. The second-order valence-electron chi connectivity index (χ2n) is 31.1. The van der Waals surface area contributed by atoms with E-state index >= 15 is 0 Å². The van der Waals surface area contributed by atoms with Gasteiger partial charge in [0.05, 0.1) is 42.0 Å². The Morgan fingerprint density at radius 1 is 0.604 bits per heavy atom. The van der Waals surface area contributed by atoms with E-state index in [-0.39, 0.29) is 65.1 Å². The van der Waals surface area contributed by atoms with Crippen LogP contribution < -0.4 is 10.2 Å². The topological polar surface area (TPSA) is 211 Å². The fourth-order valence-corrected chi connectivity index (χ4v) is 13.4. The molecule has 96 heavy (non-hydrogen) atoms. The fourth-order valence-electron chi connectivity index (χ4n) is 12.9. The van der Waals surface area contributed by atoms with Gasteiger partial charge in [-0.3, -0.25) is 14.6 Å². The molecular weight excluding hydrogens is 1250 g/mol. The van der Waals surface area contributed by atoms with Gasteiger partial charge in [0.25, 0.3) is 11.8 Å². The number of rotatable bonds is 17. The molecule has 0 unspecified atom stereocenters. The van der Waals surface area contributed by atoms with Crippen LogP contribution in [0.25, 0.3) is 0 Å². The summed E-state index contributed by atoms with van der Waals surface area (Å²) in [4.78, 5) is 66.7. The number of halogens is 3. The summed E-state index contributed by atoms with van der Waals surface area (Å²) in [5.74, 6) is -1.28. The van der Waals surface area contributed by atoms with Crippen molar-refractivity contribution in [1.82, 2.24) is 9.80 Å². The average Bonchev–Trinajstić information content (AvgIpc) is 1.57. The van der Waals surface area contributed by atoms with Crippen LogP contribution in [0.2, 0.25) is 0 Å². The van der Waals surface area contributed by atoms with Crippen LogP contribution in [-0.2, 0) is 33.4 Å². The molecule has 2 heterocycles. The van der Waals surface area contributed by atoms with E-state index in [0.29, 0.717) is 78.9 Å². The Hall–Kier alpha value is -6.58. The van der Waals surface area contributed by atoms with E-state index in [9.17, 15) is 40.8 Å². The zero-order chi connectivity index (χ0) is 71.0. The standard InChI is InChI=1S/C37H52N2O4.C30H43F3N2O6S.C7H9BO2.CH4/c1-10-42-30-17-15-27(16-18-30)32-33(40)39(37(38-32)23-19-29(20-24-37)36(7,8)9)31(21-22-35(4,5)6)26-11-13-28(14-12-26)34(41)43-25(2)3;1-19(2)40-26(37)21-11-9-20(10-12-21)23(15-16-27(3,4)5)35-25(36)24(41-42(38,39)30(31,32)33)34-29(35)17-13-22(14-18-29)28(6,7)8;1-6-2-4-7(5-3-6)8(9)10;/h11-18,25,29,31H,10,19-24H2,1-9H3;9-12,19,22-23H,13-18H2,1-8H3;2-5,9-10H,1H3;1H4/t29?,31-,37?;22?,23-,29?;;/m11../s1. The van der Waals surface area contributed by atoms with E-state index < -0.39 is 57.9 Å². The van der Waals surface area contributed by atoms with Gasteiger partial charge in [-0.25, -0.2) is 14.6 Å². The van der Waals surface area contributed by atoms with Crippen molar-refractivity contribution in [3.8, 4) is 5.75 Å². The third-order valence-corrected chi connectivity index (χ3v) is 19.3. The van der Waals surface area contributed by atoms with Gasteiger partial charge in [0.15, 0.2) is 0 Å². The number of benzene rings is 4. The van der Waals surface area contributed by atoms with E-state index in [4.69, 9.17) is 29.3 Å². The van der Waals surface area contributed by atoms with Crippen LogP contribution in [0.1, 0.15) is 257 Å². The highest BCUT2D eigenvalue weighted by Gasteiger charge is 2.58. The average molecular weight is 1360 g/mol. The fraction of sp³-hybridized carbons (Fsp3) is 0.600. The second-order valence-corrected chi connectivity index (χ2v) is 32.6. The van der Waals surface area contributed by atoms with Gasteiger partial charge in [0, 0.05) is 5.56 Å². The molecule has 2 aliphatic heterocycles. The largest absolute Gasteiger partial charge is 0.534 e. The Morgan fingerprint density at radius 3 is 1.33 bits per heavy atom. The maximum Gasteiger partial charge on any atom is 0.534 e.